The van der Waals surface area contributed by atoms with Crippen molar-refractivity contribution in [3.8, 4) is 0 Å². The molecule has 3 amide bonds. The highest BCUT2D eigenvalue weighted by atomic mass is 16.4. The van der Waals surface area contributed by atoms with Crippen LogP contribution in [0.5, 0.6) is 0 Å². The van der Waals surface area contributed by atoms with E-state index in [0.29, 0.717) is 25.9 Å². The van der Waals surface area contributed by atoms with Crippen molar-refractivity contribution in [1.29, 1.82) is 0 Å². The smallest absolute Gasteiger partial charge is 0.317 e. The number of hydrogen-bond acceptors (Lipinski definition) is 3. The van der Waals surface area contributed by atoms with E-state index in [2.05, 4.69) is 10.6 Å². The third-order valence-electron chi connectivity index (χ3n) is 2.82. The number of aliphatic carboxylic acids is 1. The maximum Gasteiger partial charge on any atom is 0.317 e. The molecular formula is C11H19N3O4. The Morgan fingerprint density at radius 2 is 2.28 bits per heavy atom. The molecule has 1 aliphatic rings. The van der Waals surface area contributed by atoms with Crippen LogP contribution in [0.4, 0.5) is 4.79 Å². The second-order valence-electron chi connectivity index (χ2n) is 4.41. The predicted molar refractivity (Wildman–Crippen MR) is 64.1 cm³/mol. The van der Waals surface area contributed by atoms with Gasteiger partial charge in [-0.05, 0) is 12.8 Å². The van der Waals surface area contributed by atoms with Crippen molar-refractivity contribution in [2.45, 2.75) is 31.7 Å². The number of urea groups is 1. The minimum absolute atomic E-state index is 0.00821. The zero-order valence-corrected chi connectivity index (χ0v) is 10.4. The number of nitrogens with one attached hydrogen (secondary N) is 2. The van der Waals surface area contributed by atoms with E-state index in [1.54, 1.807) is 7.05 Å². The van der Waals surface area contributed by atoms with Gasteiger partial charge >= 0.3 is 12.0 Å². The lowest BCUT2D eigenvalue weighted by Gasteiger charge is -2.19. The highest BCUT2D eigenvalue weighted by Crippen LogP contribution is 2.05. The second kappa shape index (κ2) is 6.83. The summed E-state index contributed by atoms with van der Waals surface area (Å²) < 4.78 is 0. The number of carboxylic acid groups (broad SMARTS) is 1. The van der Waals surface area contributed by atoms with Crippen LogP contribution in [0.3, 0.4) is 0 Å². The summed E-state index contributed by atoms with van der Waals surface area (Å²) in [7, 11) is 1.62. The lowest BCUT2D eigenvalue weighted by Crippen LogP contribution is -2.44. The molecular weight excluding hydrogens is 238 g/mol. The van der Waals surface area contributed by atoms with E-state index < -0.39 is 5.97 Å². The van der Waals surface area contributed by atoms with E-state index in [0.717, 1.165) is 6.42 Å². The second-order valence-corrected chi connectivity index (χ2v) is 4.41. The molecule has 0 saturated carbocycles. The number of carbonyl (C=O) groups excluding carboxylic acids is 2. The molecule has 0 radical (unpaired) electrons. The van der Waals surface area contributed by atoms with Crippen LogP contribution in [0.15, 0.2) is 0 Å². The molecule has 0 aromatic rings. The first-order chi connectivity index (χ1) is 8.49. The Morgan fingerprint density at radius 1 is 1.56 bits per heavy atom. The molecule has 0 spiro atoms. The molecule has 7 heteroatoms. The van der Waals surface area contributed by atoms with Crippen LogP contribution < -0.4 is 10.6 Å². The molecule has 18 heavy (non-hydrogen) atoms. The lowest BCUT2D eigenvalue weighted by molar-refractivity contribution is -0.137. The van der Waals surface area contributed by atoms with Gasteiger partial charge in [0, 0.05) is 39.0 Å². The fraction of sp³-hybridized carbons (Fsp3) is 0.727. The Morgan fingerprint density at radius 3 is 2.83 bits per heavy atom. The van der Waals surface area contributed by atoms with E-state index in [4.69, 9.17) is 5.11 Å². The maximum absolute atomic E-state index is 11.6. The quantitative estimate of drug-likeness (QED) is 0.612. The average molecular weight is 257 g/mol. The molecule has 1 fully saturated rings. The molecule has 1 atom stereocenters. The van der Waals surface area contributed by atoms with E-state index in [1.165, 1.54) is 4.90 Å². The summed E-state index contributed by atoms with van der Waals surface area (Å²) in [6, 6.07) is -0.240. The highest BCUT2D eigenvalue weighted by molar-refractivity contribution is 5.79. The van der Waals surface area contributed by atoms with Gasteiger partial charge in [-0.15, -0.1) is 0 Å². The monoisotopic (exact) mass is 257 g/mol. The van der Waals surface area contributed by atoms with Crippen LogP contribution in [-0.2, 0) is 9.59 Å². The summed E-state index contributed by atoms with van der Waals surface area (Å²) in [6.45, 7) is 0.809. The molecule has 1 rings (SSSR count). The molecule has 102 valence electrons. The van der Waals surface area contributed by atoms with Gasteiger partial charge in [0.25, 0.3) is 0 Å². The van der Waals surface area contributed by atoms with Gasteiger partial charge in [0.15, 0.2) is 0 Å². The van der Waals surface area contributed by atoms with Gasteiger partial charge in [0.05, 0.1) is 0 Å². The molecule has 1 heterocycles. The Kier molecular flexibility index (Phi) is 5.41. The van der Waals surface area contributed by atoms with Crippen LogP contribution in [0.25, 0.3) is 0 Å². The van der Waals surface area contributed by atoms with Gasteiger partial charge in [-0.3, -0.25) is 9.59 Å². The number of amides is 3. The minimum atomic E-state index is -0.863. The normalized spacial score (nSPS) is 18.3. The Bertz CT molecular complexity index is 332. The van der Waals surface area contributed by atoms with Crippen molar-refractivity contribution >= 4 is 17.9 Å². The Balaban J connectivity index is 2.15. The molecule has 0 aromatic heterocycles. The summed E-state index contributed by atoms with van der Waals surface area (Å²) in [5.41, 5.74) is 0. The first kappa shape index (κ1) is 14.3. The van der Waals surface area contributed by atoms with Crippen molar-refractivity contribution in [2.24, 2.45) is 0 Å². The van der Waals surface area contributed by atoms with Crippen LogP contribution in [0, 0.1) is 0 Å². The van der Waals surface area contributed by atoms with Gasteiger partial charge in [-0.1, -0.05) is 0 Å². The van der Waals surface area contributed by atoms with Gasteiger partial charge in [-0.25, -0.2) is 4.79 Å². The summed E-state index contributed by atoms with van der Waals surface area (Å²) in [5, 5.41) is 13.9. The Hall–Kier alpha value is -1.79. The van der Waals surface area contributed by atoms with Crippen molar-refractivity contribution in [1.82, 2.24) is 15.5 Å². The fourth-order valence-electron chi connectivity index (χ4n) is 1.74. The fourth-order valence-corrected chi connectivity index (χ4v) is 1.74. The van der Waals surface area contributed by atoms with E-state index in [1.807, 2.05) is 0 Å². The van der Waals surface area contributed by atoms with Crippen LogP contribution in [0.1, 0.15) is 25.7 Å². The number of rotatable bonds is 6. The highest BCUT2D eigenvalue weighted by Gasteiger charge is 2.21. The van der Waals surface area contributed by atoms with E-state index in [9.17, 15) is 14.4 Å². The zero-order chi connectivity index (χ0) is 13.5. The molecule has 1 unspecified atom stereocenters. The number of nitrogens with zero attached hydrogens (tertiary/aromatic N) is 1. The third kappa shape index (κ3) is 5.03. The lowest BCUT2D eigenvalue weighted by atomic mass is 10.2. The first-order valence-corrected chi connectivity index (χ1v) is 5.99. The van der Waals surface area contributed by atoms with Crippen molar-refractivity contribution in [3.63, 3.8) is 0 Å². The SMILES string of the molecule is CN(CCCC(=O)O)C(=O)NCC1CCC(=O)N1. The summed E-state index contributed by atoms with van der Waals surface area (Å²) in [6.07, 6.45) is 1.73. The Labute approximate surface area is 106 Å². The van der Waals surface area contributed by atoms with Gasteiger partial charge < -0.3 is 20.6 Å². The summed E-state index contributed by atoms with van der Waals surface area (Å²) >= 11 is 0. The van der Waals surface area contributed by atoms with Gasteiger partial charge in [0.2, 0.25) is 5.91 Å². The summed E-state index contributed by atoms with van der Waals surface area (Å²) in [4.78, 5) is 34.3. The third-order valence-corrected chi connectivity index (χ3v) is 2.82. The first-order valence-electron chi connectivity index (χ1n) is 5.99. The van der Waals surface area contributed by atoms with Crippen LogP contribution >= 0.6 is 0 Å². The molecule has 1 aliphatic heterocycles. The molecule has 1 saturated heterocycles. The number of carbonyl (C=O) groups is 3. The van der Waals surface area contributed by atoms with E-state index in [-0.39, 0.29) is 24.4 Å². The number of carboxylic acids is 1. The zero-order valence-electron chi connectivity index (χ0n) is 10.4. The number of hydrogen-bond donors (Lipinski definition) is 3. The predicted octanol–water partition coefficient (Wildman–Crippen LogP) is -0.229. The molecule has 0 bridgehead atoms. The van der Waals surface area contributed by atoms with Crippen molar-refractivity contribution < 1.29 is 19.5 Å². The average Bonchev–Trinajstić information content (AvgIpc) is 2.71. The van der Waals surface area contributed by atoms with Crippen LogP contribution in [0.2, 0.25) is 0 Å². The largest absolute Gasteiger partial charge is 0.481 e. The van der Waals surface area contributed by atoms with E-state index >= 15 is 0 Å². The standard InChI is InChI=1S/C11H19N3O4/c1-14(6-2-3-10(16)17)11(18)12-7-8-4-5-9(15)13-8/h8H,2-7H2,1H3,(H,12,18)(H,13,15)(H,16,17). The van der Waals surface area contributed by atoms with Crippen molar-refractivity contribution in [2.75, 3.05) is 20.1 Å². The van der Waals surface area contributed by atoms with Gasteiger partial charge in [-0.2, -0.15) is 0 Å². The van der Waals surface area contributed by atoms with Gasteiger partial charge in [0.1, 0.15) is 0 Å². The van der Waals surface area contributed by atoms with Crippen LogP contribution in [-0.4, -0.2) is 54.1 Å². The molecule has 0 aliphatic carbocycles. The van der Waals surface area contributed by atoms with Crippen molar-refractivity contribution in [3.05, 3.63) is 0 Å². The minimum Gasteiger partial charge on any atom is -0.481 e. The molecule has 3 N–H and O–H groups in total. The molecule has 7 nitrogen and oxygen atoms in total. The summed E-state index contributed by atoms with van der Waals surface area (Å²) in [5.74, 6) is -0.846. The molecule has 0 aromatic carbocycles. The topological polar surface area (TPSA) is 98.7 Å². The maximum atomic E-state index is 11.6.